The van der Waals surface area contributed by atoms with Gasteiger partial charge in [0.1, 0.15) is 12.6 Å². The molecule has 1 amide bonds. The van der Waals surface area contributed by atoms with Crippen molar-refractivity contribution in [1.29, 1.82) is 0 Å². The van der Waals surface area contributed by atoms with Gasteiger partial charge in [0.05, 0.1) is 4.92 Å². The Morgan fingerprint density at radius 3 is 2.17 bits per heavy atom. The Morgan fingerprint density at radius 2 is 1.54 bits per heavy atom. The number of hydrogen-bond donors (Lipinski definition) is 1. The van der Waals surface area contributed by atoms with Gasteiger partial charge in [-0.15, -0.1) is 0 Å². The summed E-state index contributed by atoms with van der Waals surface area (Å²) >= 11 is 3.28. The first-order chi connectivity index (χ1) is 16.8. The average Bonchev–Trinajstić information content (AvgIpc) is 2.86. The molecule has 0 aromatic heterocycles. The van der Waals surface area contributed by atoms with Crippen LogP contribution in [0.15, 0.2) is 83.3 Å². The summed E-state index contributed by atoms with van der Waals surface area (Å²) in [5.41, 5.74) is 1.56. The van der Waals surface area contributed by atoms with Gasteiger partial charge in [0.2, 0.25) is 0 Å². The number of nitrogens with one attached hydrogen (secondary N) is 1. The summed E-state index contributed by atoms with van der Waals surface area (Å²) < 4.78 is 11.2. The Balaban J connectivity index is 1.65. The van der Waals surface area contributed by atoms with E-state index in [1.165, 1.54) is 24.3 Å². The van der Waals surface area contributed by atoms with Crippen LogP contribution in [0.2, 0.25) is 0 Å². The molecule has 9 nitrogen and oxygen atoms in total. The first-order valence-corrected chi connectivity index (χ1v) is 11.3. The van der Waals surface area contributed by atoms with Crippen LogP contribution in [0.4, 0.5) is 10.5 Å². The molecular formula is C25H21BrN2O7. The van der Waals surface area contributed by atoms with Crippen LogP contribution < -0.4 is 5.32 Å². The van der Waals surface area contributed by atoms with Crippen molar-refractivity contribution < 1.29 is 28.8 Å². The van der Waals surface area contributed by atoms with Gasteiger partial charge in [-0.1, -0.05) is 70.5 Å². The van der Waals surface area contributed by atoms with Crippen LogP contribution in [-0.2, 0) is 27.3 Å². The number of rotatable bonds is 10. The smallest absolute Gasteiger partial charge is 0.408 e. The number of carbonyl (C=O) groups is 3. The van der Waals surface area contributed by atoms with Gasteiger partial charge in [-0.3, -0.25) is 14.9 Å². The lowest BCUT2D eigenvalue weighted by atomic mass is 10.1. The van der Waals surface area contributed by atoms with Crippen molar-refractivity contribution in [2.45, 2.75) is 19.1 Å². The van der Waals surface area contributed by atoms with Crippen molar-refractivity contribution in [2.24, 2.45) is 0 Å². The van der Waals surface area contributed by atoms with E-state index in [1.54, 1.807) is 48.5 Å². The molecular weight excluding hydrogens is 520 g/mol. The van der Waals surface area contributed by atoms with Crippen LogP contribution in [0.5, 0.6) is 0 Å². The lowest BCUT2D eigenvalue weighted by molar-refractivity contribution is -0.384. The van der Waals surface area contributed by atoms with Crippen molar-refractivity contribution >= 4 is 39.5 Å². The molecule has 3 aromatic rings. The second kappa shape index (κ2) is 12.4. The van der Waals surface area contributed by atoms with E-state index >= 15 is 0 Å². The topological polar surface area (TPSA) is 125 Å². The highest BCUT2D eigenvalue weighted by atomic mass is 79.9. The quantitative estimate of drug-likeness (QED) is 0.172. The van der Waals surface area contributed by atoms with E-state index in [1.807, 2.05) is 6.07 Å². The zero-order valence-electron chi connectivity index (χ0n) is 18.4. The van der Waals surface area contributed by atoms with E-state index in [-0.39, 0.29) is 18.7 Å². The number of halogens is 1. The summed E-state index contributed by atoms with van der Waals surface area (Å²) in [4.78, 5) is 47.8. The monoisotopic (exact) mass is 540 g/mol. The van der Waals surface area contributed by atoms with Crippen LogP contribution in [0.25, 0.3) is 0 Å². The number of hydrogen-bond acceptors (Lipinski definition) is 7. The van der Waals surface area contributed by atoms with E-state index < -0.39 is 35.4 Å². The maximum absolute atomic E-state index is 12.8. The van der Waals surface area contributed by atoms with Gasteiger partial charge in [-0.25, -0.2) is 9.59 Å². The van der Waals surface area contributed by atoms with Crippen LogP contribution in [0.1, 0.15) is 21.5 Å². The molecule has 1 N–H and O–H groups in total. The average molecular weight is 541 g/mol. The molecule has 0 aliphatic heterocycles. The summed E-state index contributed by atoms with van der Waals surface area (Å²) in [5.74, 6) is -1.25. The Labute approximate surface area is 209 Å². The number of alkyl carbamates (subject to hydrolysis) is 1. The highest BCUT2D eigenvalue weighted by Crippen LogP contribution is 2.15. The van der Waals surface area contributed by atoms with Gasteiger partial charge in [-0.2, -0.15) is 0 Å². The first-order valence-electron chi connectivity index (χ1n) is 10.5. The van der Waals surface area contributed by atoms with Gasteiger partial charge in [-0.05, 0) is 23.3 Å². The first kappa shape index (κ1) is 25.6. The molecule has 0 fully saturated rings. The molecule has 0 heterocycles. The number of carbonyl (C=O) groups excluding carboxylic acids is 3. The maximum Gasteiger partial charge on any atom is 0.408 e. The second-order valence-corrected chi connectivity index (χ2v) is 8.34. The minimum absolute atomic E-state index is 0.00593. The molecule has 0 aliphatic rings. The molecule has 35 heavy (non-hydrogen) atoms. The molecule has 10 heteroatoms. The molecule has 0 spiro atoms. The molecule has 3 rings (SSSR count). The second-order valence-electron chi connectivity index (χ2n) is 7.42. The van der Waals surface area contributed by atoms with Gasteiger partial charge in [0.15, 0.2) is 12.4 Å². The molecule has 1 atom stereocenters. The van der Waals surface area contributed by atoms with Crippen molar-refractivity contribution in [1.82, 2.24) is 5.32 Å². The summed E-state index contributed by atoms with van der Waals surface area (Å²) in [6, 6.07) is 19.9. The lowest BCUT2D eigenvalue weighted by Crippen LogP contribution is -2.44. The predicted molar refractivity (Wildman–Crippen MR) is 130 cm³/mol. The Kier molecular flexibility index (Phi) is 9.08. The van der Waals surface area contributed by atoms with Crippen LogP contribution >= 0.6 is 15.9 Å². The number of amides is 1. The SMILES string of the molecule is O=C(N[C@@H](Cc1ccc([N+](=O)[O-])cc1)C(=O)OCC(=O)c1ccc(Br)cc1)OCc1ccccc1. The molecule has 0 saturated heterocycles. The molecule has 0 aliphatic carbocycles. The normalized spacial score (nSPS) is 11.2. The van der Waals surface area contributed by atoms with Gasteiger partial charge >= 0.3 is 12.1 Å². The van der Waals surface area contributed by atoms with E-state index in [4.69, 9.17) is 9.47 Å². The zero-order chi connectivity index (χ0) is 25.2. The fourth-order valence-corrected chi connectivity index (χ4v) is 3.31. The third-order valence-electron chi connectivity index (χ3n) is 4.89. The highest BCUT2D eigenvalue weighted by molar-refractivity contribution is 9.10. The minimum atomic E-state index is -1.18. The number of Topliss-reactive ketones (excluding diaryl/α,β-unsaturated/α-hetero) is 1. The molecule has 180 valence electrons. The van der Waals surface area contributed by atoms with Crippen LogP contribution in [0.3, 0.4) is 0 Å². The van der Waals surface area contributed by atoms with Crippen molar-refractivity contribution in [3.8, 4) is 0 Å². The zero-order valence-corrected chi connectivity index (χ0v) is 20.0. The van der Waals surface area contributed by atoms with Crippen molar-refractivity contribution in [3.63, 3.8) is 0 Å². The number of ether oxygens (including phenoxy) is 2. The standard InChI is InChI=1S/C25H21BrN2O7/c26-20-10-8-19(9-11-20)23(29)16-34-24(30)22(14-17-6-12-21(13-7-17)28(32)33)27-25(31)35-15-18-4-2-1-3-5-18/h1-13,22H,14-16H2,(H,27,31)/t22-/m0/s1. The Hall–Kier alpha value is -4.05. The van der Waals surface area contributed by atoms with Gasteiger partial charge in [0.25, 0.3) is 5.69 Å². The largest absolute Gasteiger partial charge is 0.456 e. The number of nitro benzene ring substituents is 1. The fraction of sp³-hybridized carbons (Fsp3) is 0.160. The van der Waals surface area contributed by atoms with E-state index in [9.17, 15) is 24.5 Å². The van der Waals surface area contributed by atoms with E-state index in [0.717, 1.165) is 10.0 Å². The van der Waals surface area contributed by atoms with Crippen LogP contribution in [-0.4, -0.2) is 35.4 Å². The Morgan fingerprint density at radius 1 is 0.886 bits per heavy atom. The molecule has 0 saturated carbocycles. The number of benzene rings is 3. The number of nitrogens with zero attached hydrogens (tertiary/aromatic N) is 1. The minimum Gasteiger partial charge on any atom is -0.456 e. The predicted octanol–water partition coefficient (Wildman–Crippen LogP) is 4.62. The number of non-ortho nitro benzene ring substituents is 1. The van der Waals surface area contributed by atoms with Gasteiger partial charge < -0.3 is 14.8 Å². The highest BCUT2D eigenvalue weighted by Gasteiger charge is 2.25. The fourth-order valence-electron chi connectivity index (χ4n) is 3.05. The summed E-state index contributed by atoms with van der Waals surface area (Å²) in [6.07, 6.45) is -0.874. The molecule has 0 bridgehead atoms. The molecule has 0 radical (unpaired) electrons. The third-order valence-corrected chi connectivity index (χ3v) is 5.42. The molecule has 3 aromatic carbocycles. The van der Waals surface area contributed by atoms with Crippen molar-refractivity contribution in [3.05, 3.63) is 110 Å². The number of nitro groups is 1. The number of esters is 1. The Bertz CT molecular complexity index is 1180. The van der Waals surface area contributed by atoms with E-state index in [2.05, 4.69) is 21.2 Å². The van der Waals surface area contributed by atoms with Crippen LogP contribution in [0, 0.1) is 10.1 Å². The van der Waals surface area contributed by atoms with E-state index in [0.29, 0.717) is 11.1 Å². The van der Waals surface area contributed by atoms with Gasteiger partial charge in [0, 0.05) is 28.6 Å². The van der Waals surface area contributed by atoms with Crippen molar-refractivity contribution in [2.75, 3.05) is 6.61 Å². The maximum atomic E-state index is 12.8. The molecule has 0 unspecified atom stereocenters. The summed E-state index contributed by atoms with van der Waals surface area (Å²) in [6.45, 7) is -0.522. The summed E-state index contributed by atoms with van der Waals surface area (Å²) in [7, 11) is 0. The third kappa shape index (κ3) is 8.04. The number of ketones is 1. The lowest BCUT2D eigenvalue weighted by Gasteiger charge is -2.18. The summed E-state index contributed by atoms with van der Waals surface area (Å²) in [5, 5.41) is 13.3.